The first-order chi connectivity index (χ1) is 10.8. The number of nitrogens with zero attached hydrogens (tertiary/aromatic N) is 1. The van der Waals surface area contributed by atoms with Crippen LogP contribution in [0.15, 0.2) is 24.3 Å². The quantitative estimate of drug-likeness (QED) is 0.519. The van der Waals surface area contributed by atoms with E-state index in [-0.39, 0.29) is 5.91 Å². The maximum absolute atomic E-state index is 12.4. The normalized spacial score (nSPS) is 16.6. The lowest BCUT2D eigenvalue weighted by molar-refractivity contribution is -0.134. The summed E-state index contributed by atoms with van der Waals surface area (Å²) in [4.78, 5) is 36.9. The first kappa shape index (κ1) is 16.5. The van der Waals surface area contributed by atoms with Gasteiger partial charge in [-0.15, -0.1) is 0 Å². The minimum Gasteiger partial charge on any atom is -0.497 e. The first-order valence-electron chi connectivity index (χ1n) is 6.91. The van der Waals surface area contributed by atoms with Crippen LogP contribution in [-0.4, -0.2) is 37.7 Å². The molecule has 122 valence electrons. The van der Waals surface area contributed by atoms with Crippen molar-refractivity contribution in [3.63, 3.8) is 0 Å². The third-order valence-electron chi connectivity index (χ3n) is 3.44. The number of carbonyl (C=O) groups is 3. The summed E-state index contributed by atoms with van der Waals surface area (Å²) in [6.07, 6.45) is 2.68. The molecule has 1 aromatic carbocycles. The summed E-state index contributed by atoms with van der Waals surface area (Å²) < 4.78 is 9.70. The Kier molecular flexibility index (Phi) is 4.40. The van der Waals surface area contributed by atoms with Crippen molar-refractivity contribution in [2.24, 2.45) is 0 Å². The number of nitrogens with one attached hydrogen (secondary N) is 1. The third-order valence-corrected chi connectivity index (χ3v) is 3.44. The second-order valence-corrected chi connectivity index (χ2v) is 5.48. The molecule has 2 rings (SSSR count). The Labute approximate surface area is 133 Å². The first-order valence-corrected chi connectivity index (χ1v) is 6.91. The number of amides is 3. The highest BCUT2D eigenvalue weighted by Crippen LogP contribution is 2.31. The van der Waals surface area contributed by atoms with Gasteiger partial charge in [-0.2, -0.15) is 0 Å². The molecule has 1 N–H and O–H groups in total. The van der Waals surface area contributed by atoms with Crippen LogP contribution in [0, 0.1) is 0 Å². The topological polar surface area (TPSA) is 84.9 Å². The van der Waals surface area contributed by atoms with Gasteiger partial charge in [0.2, 0.25) is 0 Å². The Hall–Kier alpha value is -2.83. The van der Waals surface area contributed by atoms with E-state index in [2.05, 4.69) is 10.1 Å². The molecule has 0 radical (unpaired) electrons. The lowest BCUT2D eigenvalue weighted by Gasteiger charge is -2.18. The van der Waals surface area contributed by atoms with E-state index >= 15 is 0 Å². The molecule has 0 atom stereocenters. The summed E-state index contributed by atoms with van der Waals surface area (Å²) in [5.41, 5.74) is -0.143. The molecule has 1 aliphatic rings. The fraction of sp³-hybridized carbons (Fsp3) is 0.312. The van der Waals surface area contributed by atoms with E-state index in [1.165, 1.54) is 26.4 Å². The minimum atomic E-state index is -0.986. The number of imide groups is 1. The second-order valence-electron chi connectivity index (χ2n) is 5.48. The van der Waals surface area contributed by atoms with E-state index in [1.807, 2.05) is 0 Å². The molecule has 1 heterocycles. The van der Waals surface area contributed by atoms with E-state index in [1.54, 1.807) is 32.0 Å². The van der Waals surface area contributed by atoms with Crippen LogP contribution in [0.5, 0.6) is 5.75 Å². The monoisotopic (exact) mass is 318 g/mol. The SMILES string of the molecule is COC(=O)/C=C/c1cc(OC)ccc1N1C(=O)NC(C)(C)C1=O. The third kappa shape index (κ3) is 3.18. The van der Waals surface area contributed by atoms with Gasteiger partial charge in [0.05, 0.1) is 19.9 Å². The van der Waals surface area contributed by atoms with Gasteiger partial charge in [-0.25, -0.2) is 14.5 Å². The van der Waals surface area contributed by atoms with Gasteiger partial charge in [-0.05, 0) is 38.1 Å². The van der Waals surface area contributed by atoms with E-state index in [0.717, 1.165) is 4.90 Å². The molecule has 7 heteroatoms. The Balaban J connectivity index is 2.50. The average molecular weight is 318 g/mol. The molecular weight excluding hydrogens is 300 g/mol. The minimum absolute atomic E-state index is 0.360. The highest BCUT2D eigenvalue weighted by atomic mass is 16.5. The predicted molar refractivity (Wildman–Crippen MR) is 84.1 cm³/mol. The Bertz CT molecular complexity index is 694. The van der Waals surface area contributed by atoms with Crippen molar-refractivity contribution in [1.82, 2.24) is 5.32 Å². The van der Waals surface area contributed by atoms with Crippen molar-refractivity contribution in [2.75, 3.05) is 19.1 Å². The van der Waals surface area contributed by atoms with Crippen LogP contribution in [0.1, 0.15) is 19.4 Å². The molecule has 0 saturated carbocycles. The largest absolute Gasteiger partial charge is 0.497 e. The molecule has 0 aliphatic carbocycles. The molecular formula is C16H18N2O5. The van der Waals surface area contributed by atoms with Gasteiger partial charge in [-0.3, -0.25) is 4.79 Å². The molecule has 0 unspecified atom stereocenters. The number of hydrogen-bond donors (Lipinski definition) is 1. The summed E-state index contributed by atoms with van der Waals surface area (Å²) in [7, 11) is 2.76. The second kappa shape index (κ2) is 6.12. The number of methoxy groups -OCH3 is 2. The van der Waals surface area contributed by atoms with E-state index in [0.29, 0.717) is 17.0 Å². The summed E-state index contributed by atoms with van der Waals surface area (Å²) in [5.74, 6) is -0.388. The van der Waals surface area contributed by atoms with E-state index < -0.39 is 17.5 Å². The standard InChI is InChI=1S/C16H18N2O5/c1-16(2)14(20)18(15(21)17-16)12-7-6-11(22-3)9-10(12)5-8-13(19)23-4/h5-9H,1-4H3,(H,17,21)/b8-5+. The number of ether oxygens (including phenoxy) is 2. The molecule has 0 aromatic heterocycles. The smallest absolute Gasteiger partial charge is 0.330 e. The Morgan fingerprint density at radius 3 is 2.48 bits per heavy atom. The maximum atomic E-state index is 12.4. The van der Waals surface area contributed by atoms with Crippen molar-refractivity contribution in [3.8, 4) is 5.75 Å². The van der Waals surface area contributed by atoms with Gasteiger partial charge in [0.1, 0.15) is 11.3 Å². The highest BCUT2D eigenvalue weighted by Gasteiger charge is 2.45. The number of hydrogen-bond acceptors (Lipinski definition) is 5. The Morgan fingerprint density at radius 2 is 1.96 bits per heavy atom. The van der Waals surface area contributed by atoms with Crippen molar-refractivity contribution < 1.29 is 23.9 Å². The molecule has 1 aromatic rings. The number of carbonyl (C=O) groups excluding carboxylic acids is 3. The van der Waals surface area contributed by atoms with Crippen LogP contribution < -0.4 is 15.0 Å². The van der Waals surface area contributed by atoms with Crippen LogP contribution in [0.3, 0.4) is 0 Å². The molecule has 1 aliphatic heterocycles. The van der Waals surface area contributed by atoms with Crippen molar-refractivity contribution in [2.45, 2.75) is 19.4 Å². The van der Waals surface area contributed by atoms with Gasteiger partial charge >= 0.3 is 12.0 Å². The molecule has 3 amide bonds. The van der Waals surface area contributed by atoms with E-state index in [9.17, 15) is 14.4 Å². The van der Waals surface area contributed by atoms with Crippen LogP contribution in [0.2, 0.25) is 0 Å². The van der Waals surface area contributed by atoms with Crippen molar-refractivity contribution in [1.29, 1.82) is 0 Å². The highest BCUT2D eigenvalue weighted by molar-refractivity contribution is 6.23. The van der Waals surface area contributed by atoms with Crippen molar-refractivity contribution in [3.05, 3.63) is 29.8 Å². The summed E-state index contributed by atoms with van der Waals surface area (Å²) >= 11 is 0. The predicted octanol–water partition coefficient (Wildman–Crippen LogP) is 1.72. The van der Waals surface area contributed by atoms with Crippen LogP contribution in [-0.2, 0) is 14.3 Å². The lowest BCUT2D eigenvalue weighted by Crippen LogP contribution is -2.40. The Morgan fingerprint density at radius 1 is 1.26 bits per heavy atom. The molecule has 23 heavy (non-hydrogen) atoms. The zero-order chi connectivity index (χ0) is 17.2. The van der Waals surface area contributed by atoms with Gasteiger partial charge in [0.25, 0.3) is 5.91 Å². The van der Waals surface area contributed by atoms with Gasteiger partial charge in [0, 0.05) is 11.6 Å². The molecule has 1 saturated heterocycles. The lowest BCUT2D eigenvalue weighted by atomic mass is 10.1. The maximum Gasteiger partial charge on any atom is 0.330 e. The number of urea groups is 1. The zero-order valence-corrected chi connectivity index (χ0v) is 13.4. The fourth-order valence-electron chi connectivity index (χ4n) is 2.19. The number of benzene rings is 1. The molecule has 0 spiro atoms. The van der Waals surface area contributed by atoms with Gasteiger partial charge < -0.3 is 14.8 Å². The summed E-state index contributed by atoms with van der Waals surface area (Å²) in [6.45, 7) is 3.25. The van der Waals surface area contributed by atoms with Crippen LogP contribution >= 0.6 is 0 Å². The summed E-state index contributed by atoms with van der Waals surface area (Å²) in [6, 6.07) is 4.34. The number of anilines is 1. The van der Waals surface area contributed by atoms with Crippen LogP contribution in [0.25, 0.3) is 6.08 Å². The fourth-order valence-corrected chi connectivity index (χ4v) is 2.19. The number of esters is 1. The van der Waals surface area contributed by atoms with Gasteiger partial charge in [-0.1, -0.05) is 0 Å². The zero-order valence-electron chi connectivity index (χ0n) is 13.4. The van der Waals surface area contributed by atoms with Crippen LogP contribution in [0.4, 0.5) is 10.5 Å². The van der Waals surface area contributed by atoms with E-state index in [4.69, 9.17) is 4.74 Å². The molecule has 1 fully saturated rings. The molecule has 7 nitrogen and oxygen atoms in total. The molecule has 0 bridgehead atoms. The average Bonchev–Trinajstić information content (AvgIpc) is 2.72. The number of rotatable bonds is 4. The summed E-state index contributed by atoms with van der Waals surface area (Å²) in [5, 5.41) is 2.61. The van der Waals surface area contributed by atoms with Gasteiger partial charge in [0.15, 0.2) is 0 Å². The van der Waals surface area contributed by atoms with Crippen molar-refractivity contribution >= 4 is 29.7 Å².